The Morgan fingerprint density at radius 1 is 0.423 bits per heavy atom. The molecule has 16 heteroatoms. The molecule has 0 spiro atoms. The maximum Gasteiger partial charge on any atom is 1.00 e. The van der Waals surface area contributed by atoms with Gasteiger partial charge in [-0.15, -0.1) is 0 Å². The second-order valence-electron chi connectivity index (χ2n) is 2.69. The molecular weight excluding hydrogens is 404 g/mol. The van der Waals surface area contributed by atoms with Gasteiger partial charge in [-0.25, -0.2) is 9.59 Å². The Hall–Kier alpha value is 0.820. The Morgan fingerprint density at radius 2 is 0.462 bits per heavy atom. The number of hydrogen-bond acceptors (Lipinski definition) is 6. The summed E-state index contributed by atoms with van der Waals surface area (Å²) in [6.45, 7) is 4.33. The van der Waals surface area contributed by atoms with Gasteiger partial charge >= 0.3 is 130 Å². The van der Waals surface area contributed by atoms with Crippen molar-refractivity contribution >= 4 is 35.8 Å². The van der Waals surface area contributed by atoms with E-state index in [0.717, 1.165) is 27.7 Å². The summed E-state index contributed by atoms with van der Waals surface area (Å²) in [5.74, 6) is -6.98. The minimum absolute atomic E-state index is 0. The zero-order chi connectivity index (χ0) is 19.5. The van der Waals surface area contributed by atoms with Crippen LogP contribution in [-0.2, 0) is 28.8 Å². The monoisotopic (exact) mass is 426 g/mol. The van der Waals surface area contributed by atoms with Gasteiger partial charge in [0.25, 0.3) is 23.9 Å². The number of rotatable bonds is 0. The van der Waals surface area contributed by atoms with E-state index in [1.165, 1.54) is 0 Å². The first-order chi connectivity index (χ1) is 9.57. The number of aliphatic carboxylic acids is 6. The van der Waals surface area contributed by atoms with E-state index in [-0.39, 0.29) is 124 Å². The van der Waals surface area contributed by atoms with Crippen molar-refractivity contribution in [3.63, 3.8) is 0 Å². The molecule has 0 saturated carbocycles. The van der Waals surface area contributed by atoms with Gasteiger partial charge in [0.05, 0.1) is 0 Å². The summed E-state index contributed by atoms with van der Waals surface area (Å²) >= 11 is 0. The van der Waals surface area contributed by atoms with Crippen LogP contribution in [0.3, 0.4) is 0 Å². The summed E-state index contributed by atoms with van der Waals surface area (Å²) in [5, 5.41) is 44.4. The van der Waals surface area contributed by atoms with Crippen LogP contribution in [0.25, 0.3) is 0 Å². The fourth-order valence-corrected chi connectivity index (χ4v) is 0. The molecule has 0 aliphatic heterocycles. The van der Waals surface area contributed by atoms with Crippen molar-refractivity contribution in [1.82, 2.24) is 0 Å². The summed E-state index contributed by atoms with van der Waals surface area (Å²) in [6, 6.07) is 0. The Balaban J connectivity index is -0.0000000104. The minimum atomic E-state index is -1.82. The van der Waals surface area contributed by atoms with Gasteiger partial charge < -0.3 is 36.3 Å². The van der Waals surface area contributed by atoms with E-state index in [9.17, 15) is 0 Å². The molecule has 0 amide bonds. The van der Waals surface area contributed by atoms with Crippen molar-refractivity contribution in [2.75, 3.05) is 0 Å². The van der Waals surface area contributed by atoms with Gasteiger partial charge in [0.15, 0.2) is 0 Å². The van der Waals surface area contributed by atoms with Crippen molar-refractivity contribution in [3.05, 3.63) is 0 Å². The van der Waals surface area contributed by atoms with Gasteiger partial charge in [0, 0.05) is 27.7 Å². The van der Waals surface area contributed by atoms with E-state index in [4.69, 9.17) is 59.4 Å². The van der Waals surface area contributed by atoms with Crippen LogP contribution in [0.15, 0.2) is 0 Å². The fourth-order valence-electron chi connectivity index (χ4n) is 0. The van der Waals surface area contributed by atoms with Crippen LogP contribution < -0.4 is 118 Å². The summed E-state index contributed by atoms with van der Waals surface area (Å²) < 4.78 is 0. The fraction of sp³-hybridized carbons (Fsp3) is 0.400. The molecule has 138 valence electrons. The summed E-state index contributed by atoms with van der Waals surface area (Å²) in [5.41, 5.74) is 0. The molecule has 0 aromatic heterocycles. The SMILES string of the molecule is CC(=O)O.CC(=O)O.CC(=O)O.CC(=O)O.O=C(O)C(=O)O.[H-].[H-].[H-].[H-].[Na+].[Na+].[Na+].[Na+]. The van der Waals surface area contributed by atoms with Crippen LogP contribution in [0.5, 0.6) is 0 Å². The van der Waals surface area contributed by atoms with E-state index in [0.29, 0.717) is 0 Å². The number of carboxylic acids is 6. The Labute approximate surface area is 243 Å². The first kappa shape index (κ1) is 56.3. The van der Waals surface area contributed by atoms with Gasteiger partial charge in [0.1, 0.15) is 0 Å². The molecule has 0 aromatic carbocycles. The van der Waals surface area contributed by atoms with E-state index >= 15 is 0 Å². The van der Waals surface area contributed by atoms with Crippen molar-refractivity contribution < 1.29 is 183 Å². The standard InChI is InChI=1S/C2H2O4.4C2H4O2.4Na.4H/c3-1(4)2(5)6;4*1-2(3)4;;;;;;;;/h(H,3,4)(H,5,6);4*1H3,(H,3,4);;;;;;;;/q;;;;;4*+1;4*-1. The molecule has 12 nitrogen and oxygen atoms in total. The summed E-state index contributed by atoms with van der Waals surface area (Å²) in [7, 11) is 0. The Bertz CT molecular complexity index is 327. The van der Waals surface area contributed by atoms with E-state index in [1.807, 2.05) is 0 Å². The van der Waals surface area contributed by atoms with Crippen LogP contribution in [-0.4, -0.2) is 66.5 Å². The van der Waals surface area contributed by atoms with Crippen molar-refractivity contribution in [1.29, 1.82) is 0 Å². The molecule has 0 atom stereocenters. The van der Waals surface area contributed by atoms with Crippen LogP contribution in [0, 0.1) is 0 Å². The largest absolute Gasteiger partial charge is 1.00 e. The summed E-state index contributed by atoms with van der Waals surface area (Å²) in [4.78, 5) is 54.2. The van der Waals surface area contributed by atoms with Gasteiger partial charge in [-0.05, 0) is 0 Å². The zero-order valence-electron chi connectivity index (χ0n) is 20.1. The van der Waals surface area contributed by atoms with Crippen molar-refractivity contribution in [3.8, 4) is 0 Å². The average molecular weight is 426 g/mol. The second-order valence-corrected chi connectivity index (χ2v) is 2.69. The molecule has 0 heterocycles. The molecule has 0 fully saturated rings. The smallest absolute Gasteiger partial charge is 1.00 e. The first-order valence-corrected chi connectivity index (χ1v) is 4.82. The van der Waals surface area contributed by atoms with Crippen LogP contribution in [0.4, 0.5) is 0 Å². The molecular formula is C10H22Na4O12. The van der Waals surface area contributed by atoms with E-state index < -0.39 is 35.8 Å². The van der Waals surface area contributed by atoms with Gasteiger partial charge in [-0.3, -0.25) is 19.2 Å². The van der Waals surface area contributed by atoms with E-state index in [2.05, 4.69) is 0 Å². The third-order valence-corrected chi connectivity index (χ3v) is 0.183. The second kappa shape index (κ2) is 44.9. The zero-order valence-corrected chi connectivity index (χ0v) is 24.1. The maximum atomic E-state index is 9.10. The number of hydrogen-bond donors (Lipinski definition) is 6. The normalized spacial score (nSPS) is 5.54. The van der Waals surface area contributed by atoms with Crippen molar-refractivity contribution in [2.45, 2.75) is 27.7 Å². The molecule has 26 heavy (non-hydrogen) atoms. The van der Waals surface area contributed by atoms with Crippen LogP contribution in [0.1, 0.15) is 33.4 Å². The molecule has 6 N–H and O–H groups in total. The average Bonchev–Trinajstić information content (AvgIpc) is 2.12. The molecule has 0 unspecified atom stereocenters. The van der Waals surface area contributed by atoms with Crippen LogP contribution in [0.2, 0.25) is 0 Å². The first-order valence-electron chi connectivity index (χ1n) is 4.82. The molecule has 0 aliphatic rings. The number of carboxylic acid groups (broad SMARTS) is 6. The molecule has 0 rings (SSSR count). The third kappa shape index (κ3) is 606. The van der Waals surface area contributed by atoms with Gasteiger partial charge in [0.2, 0.25) is 0 Å². The molecule has 0 saturated heterocycles. The molecule has 0 aromatic rings. The van der Waals surface area contributed by atoms with Gasteiger partial charge in [-0.2, -0.15) is 0 Å². The predicted octanol–water partition coefficient (Wildman–Crippen LogP) is -12.0. The van der Waals surface area contributed by atoms with Crippen LogP contribution >= 0.6 is 0 Å². The van der Waals surface area contributed by atoms with E-state index in [1.54, 1.807) is 0 Å². The quantitative estimate of drug-likeness (QED) is 0.157. The number of carbonyl (C=O) groups is 6. The predicted molar refractivity (Wildman–Crippen MR) is 73.0 cm³/mol. The molecule has 0 bridgehead atoms. The van der Waals surface area contributed by atoms with Gasteiger partial charge in [-0.1, -0.05) is 0 Å². The Morgan fingerprint density at radius 3 is 0.462 bits per heavy atom. The maximum absolute atomic E-state index is 9.10. The topological polar surface area (TPSA) is 224 Å². The Kier molecular flexibility index (Phi) is 97.3. The third-order valence-electron chi connectivity index (χ3n) is 0.183. The van der Waals surface area contributed by atoms with Crippen molar-refractivity contribution in [2.24, 2.45) is 0 Å². The molecule has 0 aliphatic carbocycles. The molecule has 0 radical (unpaired) electrons. The summed E-state index contributed by atoms with van der Waals surface area (Å²) in [6.07, 6.45) is 0. The minimum Gasteiger partial charge on any atom is -1.00 e.